The van der Waals surface area contributed by atoms with Gasteiger partial charge in [-0.15, -0.1) is 0 Å². The van der Waals surface area contributed by atoms with E-state index in [0.29, 0.717) is 43.7 Å². The van der Waals surface area contributed by atoms with E-state index in [0.717, 1.165) is 0 Å². The first-order chi connectivity index (χ1) is 15.7. The fourth-order valence-electron chi connectivity index (χ4n) is 3.56. The van der Waals surface area contributed by atoms with Gasteiger partial charge in [0.25, 0.3) is 5.91 Å². The summed E-state index contributed by atoms with van der Waals surface area (Å²) in [5, 5.41) is 11.1. The minimum Gasteiger partial charge on any atom is -0.464 e. The molecule has 0 atom stereocenters. The van der Waals surface area contributed by atoms with Crippen molar-refractivity contribution in [3.8, 4) is 0 Å². The molecule has 0 spiro atoms. The summed E-state index contributed by atoms with van der Waals surface area (Å²) in [6.45, 7) is 0.290. The Kier molecular flexibility index (Phi) is 6.32. The van der Waals surface area contributed by atoms with Crippen LogP contribution in [-0.4, -0.2) is 60.5 Å². The summed E-state index contributed by atoms with van der Waals surface area (Å²) in [5.41, 5.74) is 0.156. The van der Waals surface area contributed by atoms with E-state index >= 15 is 0 Å². The monoisotopic (exact) mass is 464 g/mol. The quantitative estimate of drug-likeness (QED) is 0.436. The van der Waals surface area contributed by atoms with Crippen LogP contribution in [-0.2, 0) is 4.74 Å². The summed E-state index contributed by atoms with van der Waals surface area (Å²) < 4.78 is 63.2. The maximum absolute atomic E-state index is 13.7. The van der Waals surface area contributed by atoms with Crippen molar-refractivity contribution in [3.63, 3.8) is 0 Å². The molecule has 2 N–H and O–H groups in total. The fraction of sp³-hybridized carbons (Fsp3) is 0.318. The lowest BCUT2D eigenvalue weighted by Crippen LogP contribution is -2.34. The van der Waals surface area contributed by atoms with E-state index in [9.17, 15) is 22.4 Å². The molecule has 0 radical (unpaired) electrons. The molecule has 3 aromatic rings. The van der Waals surface area contributed by atoms with Crippen molar-refractivity contribution < 1.29 is 31.5 Å². The number of anilines is 1. The Morgan fingerprint density at radius 3 is 2.79 bits per heavy atom. The summed E-state index contributed by atoms with van der Waals surface area (Å²) in [6, 6.07) is 4.98. The number of hydrogen-bond acceptors (Lipinski definition) is 6. The second kappa shape index (κ2) is 9.18. The lowest BCUT2D eigenvalue weighted by Gasteiger charge is -2.20. The number of fused-ring (bicyclic) bond motifs is 1. The number of aromatic nitrogens is 1. The maximum Gasteiger partial charge on any atom is 0.405 e. The largest absolute Gasteiger partial charge is 0.464 e. The molecule has 33 heavy (non-hydrogen) atoms. The average Bonchev–Trinajstić information content (AvgIpc) is 3.00. The average molecular weight is 464 g/mol. The molecule has 7 nitrogen and oxygen atoms in total. The zero-order chi connectivity index (χ0) is 23.6. The maximum atomic E-state index is 13.7. The first-order valence-electron chi connectivity index (χ1n) is 10.2. The molecule has 174 valence electrons. The third-order valence-electron chi connectivity index (χ3n) is 5.19. The number of benzene rings is 1. The van der Waals surface area contributed by atoms with Gasteiger partial charge in [-0.05, 0) is 30.7 Å². The van der Waals surface area contributed by atoms with Gasteiger partial charge < -0.3 is 19.4 Å². The highest BCUT2D eigenvalue weighted by molar-refractivity contribution is 6.19. The first kappa shape index (κ1) is 22.7. The molecular weight excluding hydrogens is 444 g/mol. The number of halogens is 4. The summed E-state index contributed by atoms with van der Waals surface area (Å²) in [4.78, 5) is 18.5. The molecule has 11 heteroatoms. The Morgan fingerprint density at radius 2 is 2.00 bits per heavy atom. The van der Waals surface area contributed by atoms with E-state index in [1.807, 2.05) is 0 Å². The standard InChI is InChI=1S/C22H20F4N4O3/c23-13-2-3-19-14(8-13)16(11-33-19)20(27)15-10-28-18(9-17(15)29-12-22(24,25)26)21(31)30-4-1-6-32-7-5-30/h2-3,8-11,27H,1,4-7,12H2,(H,28,29). The van der Waals surface area contributed by atoms with Crippen LogP contribution in [0.5, 0.6) is 0 Å². The Hall–Kier alpha value is -3.47. The van der Waals surface area contributed by atoms with Crippen molar-refractivity contribution in [2.75, 3.05) is 38.2 Å². The molecule has 1 fully saturated rings. The van der Waals surface area contributed by atoms with Gasteiger partial charge in [-0.25, -0.2) is 4.39 Å². The van der Waals surface area contributed by atoms with E-state index in [1.165, 1.54) is 41.6 Å². The minimum atomic E-state index is -4.53. The third kappa shape index (κ3) is 5.14. The van der Waals surface area contributed by atoms with Gasteiger partial charge in [0.05, 0.1) is 12.3 Å². The third-order valence-corrected chi connectivity index (χ3v) is 5.19. The van der Waals surface area contributed by atoms with Gasteiger partial charge in [-0.3, -0.25) is 15.2 Å². The van der Waals surface area contributed by atoms with Gasteiger partial charge in [-0.1, -0.05) is 0 Å². The van der Waals surface area contributed by atoms with Crippen LogP contribution in [0.2, 0.25) is 0 Å². The first-order valence-corrected chi connectivity index (χ1v) is 10.2. The predicted molar refractivity (Wildman–Crippen MR) is 112 cm³/mol. The zero-order valence-corrected chi connectivity index (χ0v) is 17.3. The Morgan fingerprint density at radius 1 is 1.18 bits per heavy atom. The molecule has 0 bridgehead atoms. The highest BCUT2D eigenvalue weighted by Crippen LogP contribution is 2.28. The molecular formula is C22H20F4N4O3. The van der Waals surface area contributed by atoms with Crippen molar-refractivity contribution in [2.45, 2.75) is 12.6 Å². The van der Waals surface area contributed by atoms with Gasteiger partial charge in [0, 0.05) is 48.1 Å². The molecule has 4 rings (SSSR count). The SMILES string of the molecule is N=C(c1cnc(C(=O)N2CCCOCC2)cc1NCC(F)(F)F)c1coc2ccc(F)cc12. The number of alkyl halides is 3. The van der Waals surface area contributed by atoms with Gasteiger partial charge in [0.2, 0.25) is 0 Å². The van der Waals surface area contributed by atoms with E-state index < -0.39 is 24.4 Å². The number of nitrogens with one attached hydrogen (secondary N) is 2. The van der Waals surface area contributed by atoms with E-state index in [2.05, 4.69) is 10.3 Å². The number of carbonyl (C=O) groups is 1. The summed E-state index contributed by atoms with van der Waals surface area (Å²) in [6.07, 6.45) is -1.49. The van der Waals surface area contributed by atoms with Crippen LogP contribution in [0.25, 0.3) is 11.0 Å². The van der Waals surface area contributed by atoms with Crippen molar-refractivity contribution in [1.29, 1.82) is 5.41 Å². The zero-order valence-electron chi connectivity index (χ0n) is 17.3. The molecule has 1 amide bonds. The predicted octanol–water partition coefficient (Wildman–Crippen LogP) is 4.22. The molecule has 1 aromatic carbocycles. The molecule has 1 aliphatic rings. The van der Waals surface area contributed by atoms with Crippen LogP contribution in [0.15, 0.2) is 41.1 Å². The van der Waals surface area contributed by atoms with Gasteiger partial charge in [0.1, 0.15) is 29.9 Å². The van der Waals surface area contributed by atoms with Crippen molar-refractivity contribution >= 4 is 28.3 Å². The summed E-state index contributed by atoms with van der Waals surface area (Å²) >= 11 is 0. The Balaban J connectivity index is 1.70. The second-order valence-corrected chi connectivity index (χ2v) is 7.51. The number of amides is 1. The molecule has 0 saturated carbocycles. The molecule has 2 aromatic heterocycles. The number of ether oxygens (including phenoxy) is 1. The normalized spacial score (nSPS) is 14.8. The summed E-state index contributed by atoms with van der Waals surface area (Å²) in [5.74, 6) is -0.988. The van der Waals surface area contributed by atoms with Crippen LogP contribution < -0.4 is 5.32 Å². The highest BCUT2D eigenvalue weighted by atomic mass is 19.4. The molecule has 1 aliphatic heterocycles. The number of carbonyl (C=O) groups excluding carboxylic acids is 1. The van der Waals surface area contributed by atoms with Crippen molar-refractivity contribution in [1.82, 2.24) is 9.88 Å². The smallest absolute Gasteiger partial charge is 0.405 e. The van der Waals surface area contributed by atoms with Crippen LogP contribution >= 0.6 is 0 Å². The number of pyridine rings is 1. The van der Waals surface area contributed by atoms with Crippen LogP contribution in [0.1, 0.15) is 28.0 Å². The molecule has 1 saturated heterocycles. The number of hydrogen-bond donors (Lipinski definition) is 2. The van der Waals surface area contributed by atoms with Crippen molar-refractivity contribution in [3.05, 3.63) is 59.4 Å². The lowest BCUT2D eigenvalue weighted by atomic mass is 10.0. The lowest BCUT2D eigenvalue weighted by molar-refractivity contribution is -0.115. The summed E-state index contributed by atoms with van der Waals surface area (Å²) in [7, 11) is 0. The van der Waals surface area contributed by atoms with Gasteiger partial charge in [0.15, 0.2) is 0 Å². The number of furan rings is 1. The minimum absolute atomic E-state index is 0.0157. The highest BCUT2D eigenvalue weighted by Gasteiger charge is 2.28. The van der Waals surface area contributed by atoms with Crippen LogP contribution in [0.3, 0.4) is 0 Å². The Bertz CT molecular complexity index is 1180. The molecule has 0 aliphatic carbocycles. The van der Waals surface area contributed by atoms with E-state index in [1.54, 1.807) is 0 Å². The van der Waals surface area contributed by atoms with E-state index in [-0.39, 0.29) is 28.2 Å². The van der Waals surface area contributed by atoms with Crippen molar-refractivity contribution in [2.24, 2.45) is 0 Å². The van der Waals surface area contributed by atoms with Gasteiger partial charge >= 0.3 is 6.18 Å². The number of nitrogens with zero attached hydrogens (tertiary/aromatic N) is 2. The van der Waals surface area contributed by atoms with Gasteiger partial charge in [-0.2, -0.15) is 13.2 Å². The molecule has 3 heterocycles. The number of rotatable bonds is 5. The van der Waals surface area contributed by atoms with Crippen LogP contribution in [0, 0.1) is 11.2 Å². The van der Waals surface area contributed by atoms with E-state index in [4.69, 9.17) is 14.6 Å². The second-order valence-electron chi connectivity index (χ2n) is 7.51. The topological polar surface area (TPSA) is 91.5 Å². The molecule has 0 unspecified atom stereocenters. The Labute approximate surface area is 185 Å². The van der Waals surface area contributed by atoms with Crippen LogP contribution in [0.4, 0.5) is 23.2 Å². The fourth-order valence-corrected chi connectivity index (χ4v) is 3.56.